The van der Waals surface area contributed by atoms with Gasteiger partial charge >= 0.3 is 0 Å². The van der Waals surface area contributed by atoms with Crippen LogP contribution in [0.25, 0.3) is 11.3 Å². The predicted molar refractivity (Wildman–Crippen MR) is 167 cm³/mol. The van der Waals surface area contributed by atoms with Gasteiger partial charge in [-0.2, -0.15) is 0 Å². The molecule has 3 fully saturated rings. The number of anilines is 4. The average molecular weight is 571 g/mol. The van der Waals surface area contributed by atoms with E-state index in [2.05, 4.69) is 49.5 Å². The Balaban J connectivity index is 1.19. The Morgan fingerprint density at radius 1 is 0.881 bits per heavy atom. The van der Waals surface area contributed by atoms with E-state index in [1.54, 1.807) is 0 Å². The standard InChI is InChI=1S/C32H42N8O2/c1-38-18-20-40(21-19-38)25-14-16-39(17-15-25)24-12-10-23(11-13-24)34-32-29(30(33)42)36-28(22-6-3-2-4-7-22)31(37-32)35-26-8-5-9-27(26)41/h2-4,6-7,10-13,25-27,41H,5,8-9,14-21H2,1H3,(H2,33,42)(H2,34,35,37)/t26-,27-/m1/s1. The lowest BCUT2D eigenvalue weighted by Gasteiger charge is -2.42. The van der Waals surface area contributed by atoms with Crippen molar-refractivity contribution >= 4 is 28.9 Å². The van der Waals surface area contributed by atoms with Gasteiger partial charge in [0.25, 0.3) is 5.91 Å². The number of nitrogens with one attached hydrogen (secondary N) is 2. The smallest absolute Gasteiger partial charge is 0.271 e. The van der Waals surface area contributed by atoms with Crippen molar-refractivity contribution < 1.29 is 9.90 Å². The highest BCUT2D eigenvalue weighted by atomic mass is 16.3. The number of carbonyl (C=O) groups excluding carboxylic acids is 1. The number of nitrogens with zero attached hydrogens (tertiary/aromatic N) is 5. The molecule has 42 heavy (non-hydrogen) atoms. The summed E-state index contributed by atoms with van der Waals surface area (Å²) in [7, 11) is 2.21. The van der Waals surface area contributed by atoms with Crippen LogP contribution in [0.1, 0.15) is 42.6 Å². The highest BCUT2D eigenvalue weighted by molar-refractivity contribution is 5.97. The van der Waals surface area contributed by atoms with Crippen molar-refractivity contribution in [2.45, 2.75) is 50.3 Å². The molecule has 0 radical (unpaired) electrons. The Labute approximate surface area is 247 Å². The average Bonchev–Trinajstić information content (AvgIpc) is 3.42. The molecule has 2 saturated heterocycles. The number of aliphatic hydroxyl groups is 1. The van der Waals surface area contributed by atoms with Crippen LogP contribution >= 0.6 is 0 Å². The van der Waals surface area contributed by atoms with Gasteiger partial charge in [0.2, 0.25) is 0 Å². The number of hydrogen-bond acceptors (Lipinski definition) is 9. The van der Waals surface area contributed by atoms with E-state index in [1.165, 1.54) is 31.6 Å². The van der Waals surface area contributed by atoms with Crippen molar-refractivity contribution in [2.24, 2.45) is 5.73 Å². The molecule has 1 aliphatic carbocycles. The van der Waals surface area contributed by atoms with Gasteiger partial charge in [-0.3, -0.25) is 9.69 Å². The maximum absolute atomic E-state index is 12.5. The molecular weight excluding hydrogens is 528 g/mol. The normalized spacial score (nSPS) is 22.3. The zero-order chi connectivity index (χ0) is 29.1. The highest BCUT2D eigenvalue weighted by Gasteiger charge is 2.29. The van der Waals surface area contributed by atoms with Gasteiger partial charge in [-0.25, -0.2) is 9.97 Å². The number of piperazine rings is 1. The summed E-state index contributed by atoms with van der Waals surface area (Å²) in [5, 5.41) is 17.2. The number of primary amides is 1. The summed E-state index contributed by atoms with van der Waals surface area (Å²) in [4.78, 5) is 29.6. The molecule has 2 aliphatic heterocycles. The molecule has 6 rings (SSSR count). The van der Waals surface area contributed by atoms with E-state index in [1.807, 2.05) is 42.5 Å². The van der Waals surface area contributed by atoms with Gasteiger partial charge in [-0.15, -0.1) is 0 Å². The van der Waals surface area contributed by atoms with Crippen LogP contribution in [-0.2, 0) is 0 Å². The van der Waals surface area contributed by atoms with Crippen LogP contribution in [0.15, 0.2) is 54.6 Å². The molecule has 10 nitrogen and oxygen atoms in total. The molecular formula is C32H42N8O2. The van der Waals surface area contributed by atoms with Gasteiger partial charge in [0.1, 0.15) is 5.69 Å². The van der Waals surface area contributed by atoms with E-state index in [9.17, 15) is 9.90 Å². The zero-order valence-electron chi connectivity index (χ0n) is 24.4. The second kappa shape index (κ2) is 12.6. The molecule has 10 heteroatoms. The monoisotopic (exact) mass is 570 g/mol. The Bertz CT molecular complexity index is 1350. The van der Waals surface area contributed by atoms with E-state index >= 15 is 0 Å². The predicted octanol–water partition coefficient (Wildman–Crippen LogP) is 3.53. The number of aromatic nitrogens is 2. The van der Waals surface area contributed by atoms with Crippen LogP contribution < -0.4 is 21.3 Å². The van der Waals surface area contributed by atoms with Crippen molar-refractivity contribution in [3.05, 3.63) is 60.3 Å². The van der Waals surface area contributed by atoms with Gasteiger partial charge in [0.15, 0.2) is 17.3 Å². The minimum atomic E-state index is -0.658. The quantitative estimate of drug-likeness (QED) is 0.322. The maximum Gasteiger partial charge on any atom is 0.271 e. The van der Waals surface area contributed by atoms with Gasteiger partial charge < -0.3 is 31.3 Å². The fraction of sp³-hybridized carbons (Fsp3) is 0.469. The Morgan fingerprint density at radius 3 is 2.24 bits per heavy atom. The molecule has 0 unspecified atom stereocenters. The lowest BCUT2D eigenvalue weighted by molar-refractivity contribution is 0.0982. The molecule has 0 spiro atoms. The van der Waals surface area contributed by atoms with E-state index < -0.39 is 12.0 Å². The summed E-state index contributed by atoms with van der Waals surface area (Å²) >= 11 is 0. The lowest BCUT2D eigenvalue weighted by atomic mass is 10.0. The summed E-state index contributed by atoms with van der Waals surface area (Å²) in [6.45, 7) is 6.75. The third-order valence-corrected chi connectivity index (χ3v) is 8.99. The van der Waals surface area contributed by atoms with Crippen molar-refractivity contribution in [2.75, 3.05) is 61.8 Å². The SMILES string of the molecule is CN1CCN(C2CCN(c3ccc(Nc4nc(N[C@@H]5CCC[C@H]5O)c(-c5ccccc5)nc4C(N)=O)cc3)CC2)CC1. The maximum atomic E-state index is 12.5. The van der Waals surface area contributed by atoms with E-state index in [0.29, 0.717) is 17.6 Å². The van der Waals surface area contributed by atoms with Crippen molar-refractivity contribution in [3.8, 4) is 11.3 Å². The molecule has 2 atom stereocenters. The lowest BCUT2D eigenvalue weighted by Crippen LogP contribution is -2.52. The first kappa shape index (κ1) is 28.4. The number of amides is 1. The van der Waals surface area contributed by atoms with Crippen LogP contribution in [-0.4, -0.2) is 95.3 Å². The Morgan fingerprint density at radius 2 is 1.60 bits per heavy atom. The number of benzene rings is 2. The van der Waals surface area contributed by atoms with Crippen LogP contribution in [0.3, 0.4) is 0 Å². The van der Waals surface area contributed by atoms with E-state index in [0.717, 1.165) is 56.7 Å². The largest absolute Gasteiger partial charge is 0.391 e. The second-order valence-corrected chi connectivity index (χ2v) is 11.8. The minimum absolute atomic E-state index is 0.0708. The van der Waals surface area contributed by atoms with Crippen molar-refractivity contribution in [1.82, 2.24) is 19.8 Å². The number of hydrogen-bond donors (Lipinski definition) is 4. The zero-order valence-corrected chi connectivity index (χ0v) is 24.4. The molecule has 0 bridgehead atoms. The van der Waals surface area contributed by atoms with Crippen LogP contribution in [0.4, 0.5) is 23.0 Å². The van der Waals surface area contributed by atoms with E-state index in [-0.39, 0.29) is 17.6 Å². The molecule has 5 N–H and O–H groups in total. The first-order chi connectivity index (χ1) is 20.4. The molecule has 3 aliphatic rings. The number of piperidine rings is 1. The minimum Gasteiger partial charge on any atom is -0.391 e. The van der Waals surface area contributed by atoms with Gasteiger partial charge in [-0.05, 0) is 63.4 Å². The van der Waals surface area contributed by atoms with Crippen LogP contribution in [0, 0.1) is 0 Å². The highest BCUT2D eigenvalue weighted by Crippen LogP contribution is 2.32. The van der Waals surface area contributed by atoms with E-state index in [4.69, 9.17) is 10.7 Å². The number of rotatable bonds is 8. The fourth-order valence-corrected chi connectivity index (χ4v) is 6.45. The first-order valence-corrected chi connectivity index (χ1v) is 15.2. The van der Waals surface area contributed by atoms with Gasteiger partial charge in [-0.1, -0.05) is 30.3 Å². The first-order valence-electron chi connectivity index (χ1n) is 15.2. The summed E-state index contributed by atoms with van der Waals surface area (Å²) in [5.41, 5.74) is 9.19. The summed E-state index contributed by atoms with van der Waals surface area (Å²) in [6, 6.07) is 18.4. The molecule has 1 aromatic heterocycles. The molecule has 3 aromatic rings. The molecule has 2 aromatic carbocycles. The van der Waals surface area contributed by atoms with Gasteiger partial charge in [0.05, 0.1) is 12.1 Å². The molecule has 1 saturated carbocycles. The summed E-state index contributed by atoms with van der Waals surface area (Å²) < 4.78 is 0. The topological polar surface area (TPSA) is 123 Å². The third kappa shape index (κ3) is 6.35. The number of aliphatic hydroxyl groups excluding tert-OH is 1. The van der Waals surface area contributed by atoms with Crippen LogP contribution in [0.2, 0.25) is 0 Å². The Kier molecular flexibility index (Phi) is 8.55. The van der Waals surface area contributed by atoms with Gasteiger partial charge in [0, 0.05) is 62.2 Å². The molecule has 222 valence electrons. The van der Waals surface area contributed by atoms with Crippen molar-refractivity contribution in [1.29, 1.82) is 0 Å². The fourth-order valence-electron chi connectivity index (χ4n) is 6.45. The second-order valence-electron chi connectivity index (χ2n) is 11.8. The molecule has 3 heterocycles. The molecule has 1 amide bonds. The summed E-state index contributed by atoms with van der Waals surface area (Å²) in [5.74, 6) is 0.145. The number of carbonyl (C=O) groups is 1. The number of likely N-dealkylation sites (N-methyl/N-ethyl adjacent to an activating group) is 1. The third-order valence-electron chi connectivity index (χ3n) is 8.99. The number of nitrogens with two attached hydrogens (primary N) is 1. The Hall–Kier alpha value is -3.73. The van der Waals surface area contributed by atoms with Crippen LogP contribution in [0.5, 0.6) is 0 Å². The summed E-state index contributed by atoms with van der Waals surface area (Å²) in [6.07, 6.45) is 4.43. The van der Waals surface area contributed by atoms with Crippen molar-refractivity contribution in [3.63, 3.8) is 0 Å².